The molecule has 14 heteroatoms. The Morgan fingerprint density at radius 2 is 1.02 bits per heavy atom. The Bertz CT molecular complexity index is 1160. The number of hydrogen-bond donors (Lipinski definition) is 9. The largest absolute Gasteiger partial charge is 0.394 e. The van der Waals surface area contributed by atoms with E-state index in [1.807, 2.05) is 13.0 Å². The van der Waals surface area contributed by atoms with Crippen molar-refractivity contribution in [1.82, 2.24) is 5.32 Å². The van der Waals surface area contributed by atoms with Crippen molar-refractivity contribution in [2.45, 2.75) is 261 Å². The molecule has 12 atom stereocenters. The Morgan fingerprint density at radius 3 is 1.54 bits per heavy atom. The van der Waals surface area contributed by atoms with Crippen LogP contribution in [0.25, 0.3) is 0 Å². The Kier molecular flexibility index (Phi) is 33.4. The number of hydrogen-bond acceptors (Lipinski definition) is 13. The minimum atomic E-state index is -1.79. The van der Waals surface area contributed by atoms with Gasteiger partial charge >= 0.3 is 0 Å². The maximum atomic E-state index is 12.7. The fourth-order valence-electron chi connectivity index (χ4n) is 8.23. The molecule has 14 nitrogen and oxygen atoms in total. The third-order valence-electron chi connectivity index (χ3n) is 12.4. The maximum absolute atomic E-state index is 12.7. The van der Waals surface area contributed by atoms with Crippen molar-refractivity contribution in [3.8, 4) is 0 Å². The van der Waals surface area contributed by atoms with E-state index >= 15 is 0 Å². The number of aliphatic hydroxyl groups excluding tert-OH is 8. The molecule has 0 aliphatic carbocycles. The molecule has 63 heavy (non-hydrogen) atoms. The summed E-state index contributed by atoms with van der Waals surface area (Å²) in [7, 11) is 0. The third kappa shape index (κ3) is 24.2. The lowest BCUT2D eigenvalue weighted by Crippen LogP contribution is -2.65. The maximum Gasteiger partial charge on any atom is 0.220 e. The van der Waals surface area contributed by atoms with Crippen LogP contribution in [0.4, 0.5) is 0 Å². The Labute approximate surface area is 379 Å². The standard InChI is InChI=1S/C49H91NO13/c1-3-5-7-8-9-10-11-12-13-14-15-16-17-18-19-20-21-22-23-24-25-26-27-28-29-30-31-32-38(53)37(50-41(54)33-6-4-2)36-60-48-46(59)44(57)47(40(35-52)62-48)63-49-45(58)43(56)42(55)39(34-51)61-49/h27-28,31-32,37-40,42-49,51-53,55-59H,3-26,29-30,33-36H2,1-2H3,(H,50,54)/b28-27+,32-31+. The molecular weight excluding hydrogens is 811 g/mol. The van der Waals surface area contributed by atoms with E-state index in [0.29, 0.717) is 12.8 Å². The van der Waals surface area contributed by atoms with Gasteiger partial charge in [-0.2, -0.15) is 0 Å². The van der Waals surface area contributed by atoms with Crippen molar-refractivity contribution in [3.05, 3.63) is 24.3 Å². The number of carbonyl (C=O) groups is 1. The van der Waals surface area contributed by atoms with E-state index in [9.17, 15) is 45.6 Å². The van der Waals surface area contributed by atoms with E-state index < -0.39 is 86.8 Å². The summed E-state index contributed by atoms with van der Waals surface area (Å²) in [4.78, 5) is 12.7. The lowest BCUT2D eigenvalue weighted by atomic mass is 9.97. The predicted octanol–water partition coefficient (Wildman–Crippen LogP) is 6.16. The van der Waals surface area contributed by atoms with Crippen LogP contribution in [0.3, 0.4) is 0 Å². The van der Waals surface area contributed by atoms with Gasteiger partial charge in [0.25, 0.3) is 0 Å². The van der Waals surface area contributed by atoms with Gasteiger partial charge in [-0.15, -0.1) is 0 Å². The number of ether oxygens (including phenoxy) is 4. The molecule has 2 aliphatic rings. The van der Waals surface area contributed by atoms with Crippen molar-refractivity contribution in [1.29, 1.82) is 0 Å². The number of amides is 1. The minimum absolute atomic E-state index is 0.249. The average molecular weight is 902 g/mol. The second-order valence-electron chi connectivity index (χ2n) is 17.9. The smallest absolute Gasteiger partial charge is 0.220 e. The zero-order valence-electron chi connectivity index (χ0n) is 39.1. The molecule has 2 rings (SSSR count). The quantitative estimate of drug-likeness (QED) is 0.0250. The first-order valence-corrected chi connectivity index (χ1v) is 25.1. The molecular formula is C49H91NO13. The summed E-state index contributed by atoms with van der Waals surface area (Å²) in [5.74, 6) is -0.285. The second-order valence-corrected chi connectivity index (χ2v) is 17.9. The highest BCUT2D eigenvalue weighted by molar-refractivity contribution is 5.76. The van der Waals surface area contributed by atoms with Gasteiger partial charge in [-0.1, -0.05) is 173 Å². The van der Waals surface area contributed by atoms with Crippen LogP contribution in [0, 0.1) is 0 Å². The van der Waals surface area contributed by atoms with Crippen LogP contribution in [0.15, 0.2) is 24.3 Å². The van der Waals surface area contributed by atoms with Crippen molar-refractivity contribution < 1.29 is 64.6 Å². The number of allylic oxidation sites excluding steroid dienone is 3. The molecule has 2 aliphatic heterocycles. The normalized spacial score (nSPS) is 27.7. The highest BCUT2D eigenvalue weighted by atomic mass is 16.7. The van der Waals surface area contributed by atoms with Gasteiger partial charge in [0.2, 0.25) is 5.91 Å². The molecule has 370 valence electrons. The summed E-state index contributed by atoms with van der Waals surface area (Å²) in [6.07, 6.45) is 23.9. The topological polar surface area (TPSA) is 228 Å². The van der Waals surface area contributed by atoms with Gasteiger partial charge in [0.1, 0.15) is 48.8 Å². The fraction of sp³-hybridized carbons (Fsp3) is 0.898. The number of aliphatic hydroxyl groups is 8. The molecule has 0 radical (unpaired) electrons. The van der Waals surface area contributed by atoms with Crippen LogP contribution in [0.5, 0.6) is 0 Å². The van der Waals surface area contributed by atoms with E-state index in [-0.39, 0.29) is 18.9 Å². The zero-order chi connectivity index (χ0) is 46.1. The van der Waals surface area contributed by atoms with Crippen molar-refractivity contribution >= 4 is 5.91 Å². The molecule has 2 fully saturated rings. The summed E-state index contributed by atoms with van der Waals surface area (Å²) in [5, 5.41) is 85.8. The minimum Gasteiger partial charge on any atom is -0.394 e. The van der Waals surface area contributed by atoms with Crippen LogP contribution >= 0.6 is 0 Å². The third-order valence-corrected chi connectivity index (χ3v) is 12.4. The Morgan fingerprint density at radius 1 is 0.556 bits per heavy atom. The summed E-state index contributed by atoms with van der Waals surface area (Å²) in [5.41, 5.74) is 0. The van der Waals surface area contributed by atoms with Gasteiger partial charge in [-0.3, -0.25) is 4.79 Å². The first-order chi connectivity index (χ1) is 30.6. The van der Waals surface area contributed by atoms with Crippen molar-refractivity contribution in [2.75, 3.05) is 19.8 Å². The molecule has 0 spiro atoms. The number of rotatable bonds is 38. The van der Waals surface area contributed by atoms with Crippen molar-refractivity contribution in [3.63, 3.8) is 0 Å². The summed E-state index contributed by atoms with van der Waals surface area (Å²) in [6.45, 7) is 2.51. The molecule has 0 aromatic carbocycles. The first kappa shape index (κ1) is 57.6. The van der Waals surface area contributed by atoms with Crippen molar-refractivity contribution in [2.24, 2.45) is 0 Å². The van der Waals surface area contributed by atoms with Crippen LogP contribution in [0.1, 0.15) is 187 Å². The summed E-state index contributed by atoms with van der Waals surface area (Å²) >= 11 is 0. The van der Waals surface area contributed by atoms with E-state index in [2.05, 4.69) is 24.4 Å². The monoisotopic (exact) mass is 902 g/mol. The molecule has 1 amide bonds. The van der Waals surface area contributed by atoms with Gasteiger partial charge in [0, 0.05) is 6.42 Å². The fourth-order valence-corrected chi connectivity index (χ4v) is 8.23. The second kappa shape index (κ2) is 36.6. The average Bonchev–Trinajstić information content (AvgIpc) is 3.28. The van der Waals surface area contributed by atoms with Crippen LogP contribution in [0.2, 0.25) is 0 Å². The summed E-state index contributed by atoms with van der Waals surface area (Å²) < 4.78 is 22.4. The summed E-state index contributed by atoms with van der Waals surface area (Å²) in [6, 6.07) is -0.922. The highest BCUT2D eigenvalue weighted by Crippen LogP contribution is 2.30. The van der Waals surface area contributed by atoms with E-state index in [1.165, 1.54) is 135 Å². The predicted molar refractivity (Wildman–Crippen MR) is 245 cm³/mol. The van der Waals surface area contributed by atoms with Gasteiger partial charge in [-0.05, 0) is 32.1 Å². The van der Waals surface area contributed by atoms with E-state index in [4.69, 9.17) is 18.9 Å². The number of unbranched alkanes of at least 4 members (excludes halogenated alkanes) is 23. The van der Waals surface area contributed by atoms with Gasteiger partial charge in [0.15, 0.2) is 12.6 Å². The Balaban J connectivity index is 1.63. The molecule has 0 bridgehead atoms. The number of nitrogens with one attached hydrogen (secondary N) is 1. The van der Waals surface area contributed by atoms with Crippen LogP contribution in [-0.2, 0) is 23.7 Å². The molecule has 2 heterocycles. The molecule has 12 unspecified atom stereocenters. The number of carbonyl (C=O) groups excluding carboxylic acids is 1. The molecule has 0 aromatic heterocycles. The van der Waals surface area contributed by atoms with Gasteiger partial charge in [-0.25, -0.2) is 0 Å². The molecule has 2 saturated heterocycles. The first-order valence-electron chi connectivity index (χ1n) is 25.1. The van der Waals surface area contributed by atoms with Crippen LogP contribution < -0.4 is 5.32 Å². The van der Waals surface area contributed by atoms with Crippen LogP contribution in [-0.4, -0.2) is 140 Å². The Hall–Kier alpha value is -1.53. The molecule has 0 saturated carbocycles. The zero-order valence-corrected chi connectivity index (χ0v) is 39.1. The lowest BCUT2D eigenvalue weighted by molar-refractivity contribution is -0.359. The van der Waals surface area contributed by atoms with Gasteiger partial charge < -0.3 is 65.1 Å². The molecule has 0 aromatic rings. The SMILES string of the molecule is CCCCCCCCCCCCCCCCCCCCCCC/C=C/CC/C=C/C(O)C(COC1OC(CO)C(OC2OC(CO)C(O)C(O)C2O)C(O)C1O)NC(=O)CCCC. The van der Waals surface area contributed by atoms with Gasteiger partial charge in [0.05, 0.1) is 32.0 Å². The highest BCUT2D eigenvalue weighted by Gasteiger charge is 2.51. The lowest BCUT2D eigenvalue weighted by Gasteiger charge is -2.46. The van der Waals surface area contributed by atoms with E-state index in [1.54, 1.807) is 6.08 Å². The van der Waals surface area contributed by atoms with E-state index in [0.717, 1.165) is 19.3 Å². The molecule has 9 N–H and O–H groups in total.